The zero-order chi connectivity index (χ0) is 26.7. The van der Waals surface area contributed by atoms with Crippen molar-refractivity contribution in [2.45, 2.75) is 19.8 Å². The molecule has 0 bridgehead atoms. The molecule has 0 spiro atoms. The maximum absolute atomic E-state index is 12.9. The zero-order valence-electron chi connectivity index (χ0n) is 20.0. The number of aromatic nitrogens is 3. The number of benzene rings is 2. The Morgan fingerprint density at radius 3 is 2.46 bits per heavy atom. The van der Waals surface area contributed by atoms with Crippen LogP contribution in [0.3, 0.4) is 0 Å². The number of nitrogens with zero attached hydrogens (tertiary/aromatic N) is 4. The molecule has 188 valence electrons. The van der Waals surface area contributed by atoms with Gasteiger partial charge in [-0.05, 0) is 48.4 Å². The molecule has 0 aliphatic rings. The molecule has 3 amide bonds. The van der Waals surface area contributed by atoms with Crippen LogP contribution in [0.1, 0.15) is 35.7 Å². The molecule has 2 heterocycles. The van der Waals surface area contributed by atoms with Gasteiger partial charge >= 0.3 is 6.09 Å². The molecular weight excluding hydrogens is 496 g/mol. The number of fused-ring (bicyclic) bond motifs is 1. The summed E-state index contributed by atoms with van der Waals surface area (Å²) in [6.07, 6.45) is 1.48. The predicted molar refractivity (Wildman–Crippen MR) is 142 cm³/mol. The number of anilines is 4. The lowest BCUT2D eigenvalue weighted by Gasteiger charge is -2.21. The molecule has 2 aromatic carbocycles. The first-order chi connectivity index (χ1) is 17.7. The summed E-state index contributed by atoms with van der Waals surface area (Å²) in [7, 11) is 0. The Kier molecular flexibility index (Phi) is 7.21. The summed E-state index contributed by atoms with van der Waals surface area (Å²) in [5, 5.41) is 19.9. The summed E-state index contributed by atoms with van der Waals surface area (Å²) in [6, 6.07) is 14.1. The molecule has 0 saturated carbocycles. The van der Waals surface area contributed by atoms with E-state index in [2.05, 4.69) is 27.3 Å². The van der Waals surface area contributed by atoms with Crippen LogP contribution in [0.5, 0.6) is 0 Å². The topological polar surface area (TPSA) is 129 Å². The second-order valence-electron chi connectivity index (χ2n) is 8.32. The summed E-state index contributed by atoms with van der Waals surface area (Å²) in [5.74, 6) is -0.584. The van der Waals surface area contributed by atoms with Crippen LogP contribution in [0.25, 0.3) is 5.65 Å². The molecule has 0 saturated heterocycles. The van der Waals surface area contributed by atoms with Crippen LogP contribution in [0.2, 0.25) is 5.15 Å². The fourth-order valence-corrected chi connectivity index (χ4v) is 3.88. The van der Waals surface area contributed by atoms with E-state index in [1.54, 1.807) is 42.6 Å². The SMILES string of the molecule is C=CC(=O)Nc1cccc(C(=O)Nc2cccc(N(C(=O)O)c3cc(Cl)nc4c(C(C)C)cnn34)c2)c1. The Morgan fingerprint density at radius 1 is 1.08 bits per heavy atom. The average Bonchev–Trinajstić information content (AvgIpc) is 3.28. The number of carboxylic acid groups (broad SMARTS) is 1. The molecule has 2 aromatic heterocycles. The summed E-state index contributed by atoms with van der Waals surface area (Å²) in [5.41, 5.74) is 2.61. The van der Waals surface area contributed by atoms with E-state index in [0.717, 1.165) is 16.5 Å². The van der Waals surface area contributed by atoms with Crippen LogP contribution in [0, 0.1) is 0 Å². The molecule has 10 nitrogen and oxygen atoms in total. The minimum atomic E-state index is -1.28. The number of carbonyl (C=O) groups is 3. The predicted octanol–water partition coefficient (Wildman–Crippen LogP) is 5.70. The third-order valence-corrected chi connectivity index (χ3v) is 5.62. The minimum Gasteiger partial charge on any atom is -0.464 e. The van der Waals surface area contributed by atoms with E-state index in [1.807, 2.05) is 13.8 Å². The normalized spacial score (nSPS) is 10.8. The fraction of sp³-hybridized carbons (Fsp3) is 0.115. The Morgan fingerprint density at radius 2 is 1.78 bits per heavy atom. The van der Waals surface area contributed by atoms with Crippen molar-refractivity contribution in [2.75, 3.05) is 15.5 Å². The number of halogens is 1. The molecular formula is C26H23ClN6O4. The molecule has 0 radical (unpaired) electrons. The molecule has 0 atom stereocenters. The smallest absolute Gasteiger partial charge is 0.417 e. The number of rotatable bonds is 7. The van der Waals surface area contributed by atoms with Crippen LogP contribution in [0.15, 0.2) is 73.4 Å². The molecule has 0 aliphatic carbocycles. The summed E-state index contributed by atoms with van der Waals surface area (Å²) in [6.45, 7) is 7.36. The standard InChI is InChI=1S/C26H23ClN6O4/c1-4-22(34)29-17-8-5-7-16(11-17)25(35)30-18-9-6-10-19(12-18)32(26(36)37)23-13-21(27)31-24-20(15(2)3)14-28-33(23)24/h4-15H,1H2,2-3H3,(H,29,34)(H,30,35)(H,36,37). The van der Waals surface area contributed by atoms with Gasteiger partial charge in [0.05, 0.1) is 11.9 Å². The van der Waals surface area contributed by atoms with Crippen LogP contribution in [-0.4, -0.2) is 37.6 Å². The van der Waals surface area contributed by atoms with Crippen molar-refractivity contribution in [1.82, 2.24) is 14.6 Å². The third kappa shape index (κ3) is 5.44. The molecule has 3 N–H and O–H groups in total. The van der Waals surface area contributed by atoms with Gasteiger partial charge in [0.15, 0.2) is 5.65 Å². The Balaban J connectivity index is 1.67. The van der Waals surface area contributed by atoms with Crippen molar-refractivity contribution >= 4 is 58.0 Å². The Hall–Kier alpha value is -4.70. The van der Waals surface area contributed by atoms with Gasteiger partial charge in [-0.15, -0.1) is 0 Å². The van der Waals surface area contributed by atoms with Gasteiger partial charge in [0.1, 0.15) is 11.0 Å². The molecule has 0 unspecified atom stereocenters. The second kappa shape index (κ2) is 10.5. The molecule has 4 rings (SSSR count). The number of hydrogen-bond donors (Lipinski definition) is 3. The van der Waals surface area contributed by atoms with Gasteiger partial charge in [-0.2, -0.15) is 9.61 Å². The molecule has 11 heteroatoms. The van der Waals surface area contributed by atoms with Crippen LogP contribution < -0.4 is 15.5 Å². The van der Waals surface area contributed by atoms with E-state index < -0.39 is 17.9 Å². The van der Waals surface area contributed by atoms with E-state index in [1.165, 1.54) is 22.7 Å². The number of amides is 3. The van der Waals surface area contributed by atoms with E-state index in [-0.39, 0.29) is 22.6 Å². The largest absolute Gasteiger partial charge is 0.464 e. The molecule has 0 fully saturated rings. The maximum atomic E-state index is 12.9. The van der Waals surface area contributed by atoms with E-state index in [4.69, 9.17) is 11.6 Å². The van der Waals surface area contributed by atoms with Gasteiger partial charge in [0.2, 0.25) is 5.91 Å². The minimum absolute atomic E-state index is 0.0942. The second-order valence-corrected chi connectivity index (χ2v) is 8.71. The zero-order valence-corrected chi connectivity index (χ0v) is 20.7. The molecule has 0 aliphatic heterocycles. The number of hydrogen-bond acceptors (Lipinski definition) is 5. The van der Waals surface area contributed by atoms with Gasteiger partial charge < -0.3 is 15.7 Å². The van der Waals surface area contributed by atoms with Crippen molar-refractivity contribution in [3.8, 4) is 0 Å². The maximum Gasteiger partial charge on any atom is 0.417 e. The van der Waals surface area contributed by atoms with Crippen LogP contribution in [-0.2, 0) is 4.79 Å². The first-order valence-corrected chi connectivity index (χ1v) is 11.6. The van der Waals surface area contributed by atoms with Crippen LogP contribution >= 0.6 is 11.6 Å². The van der Waals surface area contributed by atoms with Crippen molar-refractivity contribution in [1.29, 1.82) is 0 Å². The van der Waals surface area contributed by atoms with Crippen molar-refractivity contribution in [3.63, 3.8) is 0 Å². The third-order valence-electron chi connectivity index (χ3n) is 5.43. The van der Waals surface area contributed by atoms with Crippen molar-refractivity contribution in [3.05, 3.63) is 89.7 Å². The summed E-state index contributed by atoms with van der Waals surface area (Å²) >= 11 is 6.25. The van der Waals surface area contributed by atoms with Gasteiger partial charge in [-0.25, -0.2) is 14.7 Å². The lowest BCUT2D eigenvalue weighted by atomic mass is 10.1. The highest BCUT2D eigenvalue weighted by Gasteiger charge is 2.24. The first kappa shape index (κ1) is 25.4. The highest BCUT2D eigenvalue weighted by molar-refractivity contribution is 6.30. The van der Waals surface area contributed by atoms with E-state index in [0.29, 0.717) is 22.6 Å². The van der Waals surface area contributed by atoms with E-state index in [9.17, 15) is 19.5 Å². The average molecular weight is 519 g/mol. The molecule has 37 heavy (non-hydrogen) atoms. The van der Waals surface area contributed by atoms with Crippen molar-refractivity contribution < 1.29 is 19.5 Å². The van der Waals surface area contributed by atoms with Crippen molar-refractivity contribution in [2.24, 2.45) is 0 Å². The quantitative estimate of drug-likeness (QED) is 0.212. The lowest BCUT2D eigenvalue weighted by Crippen LogP contribution is -2.26. The van der Waals surface area contributed by atoms with Gasteiger partial charge in [-0.1, -0.05) is 44.2 Å². The highest BCUT2D eigenvalue weighted by Crippen LogP contribution is 2.32. The van der Waals surface area contributed by atoms with Gasteiger partial charge in [0, 0.05) is 28.6 Å². The Bertz CT molecular complexity index is 1530. The monoisotopic (exact) mass is 518 g/mol. The van der Waals surface area contributed by atoms with Gasteiger partial charge in [-0.3, -0.25) is 9.59 Å². The Labute approximate surface area is 217 Å². The number of carbonyl (C=O) groups excluding carboxylic acids is 2. The fourth-order valence-electron chi connectivity index (χ4n) is 3.70. The van der Waals surface area contributed by atoms with Gasteiger partial charge in [0.25, 0.3) is 5.91 Å². The first-order valence-electron chi connectivity index (χ1n) is 11.2. The summed E-state index contributed by atoms with van der Waals surface area (Å²) in [4.78, 5) is 42.2. The van der Waals surface area contributed by atoms with E-state index >= 15 is 0 Å². The molecule has 4 aromatic rings. The number of nitrogens with one attached hydrogen (secondary N) is 2. The summed E-state index contributed by atoms with van der Waals surface area (Å²) < 4.78 is 1.42. The highest BCUT2D eigenvalue weighted by atomic mass is 35.5. The van der Waals surface area contributed by atoms with Crippen LogP contribution in [0.4, 0.5) is 27.7 Å². The lowest BCUT2D eigenvalue weighted by molar-refractivity contribution is -0.111.